The SMILES string of the molecule is COc1c(F)cccc1[C@@H](N)C1CC1. The predicted molar refractivity (Wildman–Crippen MR) is 52.6 cm³/mol. The van der Waals surface area contributed by atoms with Gasteiger partial charge in [-0.05, 0) is 24.8 Å². The molecule has 0 saturated heterocycles. The molecule has 14 heavy (non-hydrogen) atoms. The summed E-state index contributed by atoms with van der Waals surface area (Å²) < 4.78 is 18.3. The van der Waals surface area contributed by atoms with Crippen molar-refractivity contribution in [2.75, 3.05) is 7.11 Å². The summed E-state index contributed by atoms with van der Waals surface area (Å²) in [4.78, 5) is 0. The number of methoxy groups -OCH3 is 1. The number of nitrogens with two attached hydrogens (primary N) is 1. The topological polar surface area (TPSA) is 35.2 Å². The molecule has 2 N–H and O–H groups in total. The van der Waals surface area contributed by atoms with Crippen molar-refractivity contribution in [1.82, 2.24) is 0 Å². The second-order valence-corrected chi connectivity index (χ2v) is 3.73. The molecule has 1 aliphatic rings. The molecular formula is C11H14FNO. The molecule has 0 aliphatic heterocycles. The molecule has 0 unspecified atom stereocenters. The zero-order valence-corrected chi connectivity index (χ0v) is 8.16. The lowest BCUT2D eigenvalue weighted by atomic mass is 10.0. The fourth-order valence-electron chi connectivity index (χ4n) is 1.71. The average Bonchev–Trinajstić information content (AvgIpc) is 2.99. The lowest BCUT2D eigenvalue weighted by Crippen LogP contribution is -2.14. The van der Waals surface area contributed by atoms with Gasteiger partial charge in [0.1, 0.15) is 0 Å². The zero-order valence-electron chi connectivity index (χ0n) is 8.16. The first-order valence-electron chi connectivity index (χ1n) is 4.82. The Morgan fingerprint density at radius 3 is 2.79 bits per heavy atom. The van der Waals surface area contributed by atoms with Crippen LogP contribution in [0.4, 0.5) is 4.39 Å². The fraction of sp³-hybridized carbons (Fsp3) is 0.455. The lowest BCUT2D eigenvalue weighted by Gasteiger charge is -2.15. The molecule has 0 spiro atoms. The zero-order chi connectivity index (χ0) is 10.1. The molecule has 0 bridgehead atoms. The molecule has 0 aromatic heterocycles. The predicted octanol–water partition coefficient (Wildman–Crippen LogP) is 2.24. The molecule has 0 amide bonds. The van der Waals surface area contributed by atoms with E-state index in [1.807, 2.05) is 6.07 Å². The van der Waals surface area contributed by atoms with E-state index in [-0.39, 0.29) is 11.9 Å². The van der Waals surface area contributed by atoms with Crippen molar-refractivity contribution in [2.24, 2.45) is 11.7 Å². The van der Waals surface area contributed by atoms with Crippen molar-refractivity contribution in [3.05, 3.63) is 29.6 Å². The molecular weight excluding hydrogens is 181 g/mol. The van der Waals surface area contributed by atoms with Crippen LogP contribution in [0.25, 0.3) is 0 Å². The quantitative estimate of drug-likeness (QED) is 0.802. The van der Waals surface area contributed by atoms with E-state index in [0.29, 0.717) is 11.7 Å². The summed E-state index contributed by atoms with van der Waals surface area (Å²) >= 11 is 0. The first-order valence-corrected chi connectivity index (χ1v) is 4.82. The Labute approximate surface area is 82.9 Å². The van der Waals surface area contributed by atoms with Crippen molar-refractivity contribution in [2.45, 2.75) is 18.9 Å². The van der Waals surface area contributed by atoms with Gasteiger partial charge in [-0.1, -0.05) is 12.1 Å². The molecule has 3 heteroatoms. The van der Waals surface area contributed by atoms with Crippen LogP contribution < -0.4 is 10.5 Å². The molecule has 1 atom stereocenters. The van der Waals surface area contributed by atoms with Gasteiger partial charge in [0.2, 0.25) is 0 Å². The average molecular weight is 195 g/mol. The van der Waals surface area contributed by atoms with Gasteiger partial charge in [0.25, 0.3) is 0 Å². The molecule has 1 fully saturated rings. The maximum Gasteiger partial charge on any atom is 0.165 e. The largest absolute Gasteiger partial charge is 0.493 e. The normalized spacial score (nSPS) is 17.9. The second kappa shape index (κ2) is 3.58. The Hall–Kier alpha value is -1.09. The van der Waals surface area contributed by atoms with Gasteiger partial charge in [0.15, 0.2) is 11.6 Å². The molecule has 1 aliphatic carbocycles. The number of benzene rings is 1. The fourth-order valence-corrected chi connectivity index (χ4v) is 1.71. The van der Waals surface area contributed by atoms with Crippen LogP contribution in [-0.4, -0.2) is 7.11 Å². The highest BCUT2D eigenvalue weighted by atomic mass is 19.1. The van der Waals surface area contributed by atoms with E-state index >= 15 is 0 Å². The summed E-state index contributed by atoms with van der Waals surface area (Å²) in [6.07, 6.45) is 2.28. The van der Waals surface area contributed by atoms with Crippen molar-refractivity contribution in [3.8, 4) is 5.75 Å². The van der Waals surface area contributed by atoms with Gasteiger partial charge in [0, 0.05) is 11.6 Å². The Kier molecular flexibility index (Phi) is 2.42. The van der Waals surface area contributed by atoms with E-state index in [9.17, 15) is 4.39 Å². The number of hydrogen-bond acceptors (Lipinski definition) is 2. The van der Waals surface area contributed by atoms with Gasteiger partial charge in [-0.3, -0.25) is 0 Å². The van der Waals surface area contributed by atoms with Crippen LogP contribution in [0, 0.1) is 11.7 Å². The number of rotatable bonds is 3. The minimum atomic E-state index is -0.332. The van der Waals surface area contributed by atoms with Crippen LogP contribution in [0.15, 0.2) is 18.2 Å². The highest BCUT2D eigenvalue weighted by molar-refractivity contribution is 5.38. The summed E-state index contributed by atoms with van der Waals surface area (Å²) in [5.41, 5.74) is 6.79. The van der Waals surface area contributed by atoms with E-state index in [2.05, 4.69) is 0 Å². The monoisotopic (exact) mass is 195 g/mol. The third-order valence-electron chi connectivity index (χ3n) is 2.69. The smallest absolute Gasteiger partial charge is 0.165 e. The second-order valence-electron chi connectivity index (χ2n) is 3.73. The van der Waals surface area contributed by atoms with Gasteiger partial charge in [-0.25, -0.2) is 4.39 Å². The van der Waals surface area contributed by atoms with Crippen LogP contribution in [0.1, 0.15) is 24.4 Å². The van der Waals surface area contributed by atoms with Crippen molar-refractivity contribution in [3.63, 3.8) is 0 Å². The molecule has 76 valence electrons. The van der Waals surface area contributed by atoms with Gasteiger partial charge in [-0.15, -0.1) is 0 Å². The number of halogens is 1. The van der Waals surface area contributed by atoms with Crippen molar-refractivity contribution in [1.29, 1.82) is 0 Å². The molecule has 2 rings (SSSR count). The Morgan fingerprint density at radius 1 is 1.50 bits per heavy atom. The lowest BCUT2D eigenvalue weighted by molar-refractivity contribution is 0.375. The molecule has 0 heterocycles. The Bertz CT molecular complexity index is 336. The van der Waals surface area contributed by atoms with Gasteiger partial charge < -0.3 is 10.5 Å². The van der Waals surface area contributed by atoms with Gasteiger partial charge in [-0.2, -0.15) is 0 Å². The minimum absolute atomic E-state index is 0.0827. The van der Waals surface area contributed by atoms with E-state index in [1.54, 1.807) is 6.07 Å². The van der Waals surface area contributed by atoms with Gasteiger partial charge >= 0.3 is 0 Å². The minimum Gasteiger partial charge on any atom is -0.493 e. The third kappa shape index (κ3) is 1.60. The van der Waals surface area contributed by atoms with E-state index in [0.717, 1.165) is 18.4 Å². The van der Waals surface area contributed by atoms with Crippen LogP contribution in [0.5, 0.6) is 5.75 Å². The molecule has 1 aromatic rings. The van der Waals surface area contributed by atoms with Gasteiger partial charge in [0.05, 0.1) is 7.11 Å². The Balaban J connectivity index is 2.35. The number of hydrogen-bond donors (Lipinski definition) is 1. The van der Waals surface area contributed by atoms with E-state index in [4.69, 9.17) is 10.5 Å². The van der Waals surface area contributed by atoms with E-state index in [1.165, 1.54) is 13.2 Å². The molecule has 0 radical (unpaired) electrons. The first kappa shape index (κ1) is 9.46. The van der Waals surface area contributed by atoms with E-state index < -0.39 is 0 Å². The van der Waals surface area contributed by atoms with Crippen molar-refractivity contribution >= 4 is 0 Å². The molecule has 1 saturated carbocycles. The summed E-state index contributed by atoms with van der Waals surface area (Å²) in [5, 5.41) is 0. The maximum atomic E-state index is 13.3. The van der Waals surface area contributed by atoms with Crippen molar-refractivity contribution < 1.29 is 9.13 Å². The highest BCUT2D eigenvalue weighted by Crippen LogP contribution is 2.42. The summed E-state index contributed by atoms with van der Waals surface area (Å²) in [5.74, 6) is 0.471. The standard InChI is InChI=1S/C11H14FNO/c1-14-11-8(3-2-4-9(11)12)10(13)7-5-6-7/h2-4,7,10H,5-6,13H2,1H3/t10-/m0/s1. The number of para-hydroxylation sites is 1. The van der Waals surface area contributed by atoms with Crippen LogP contribution in [0.2, 0.25) is 0 Å². The molecule has 2 nitrogen and oxygen atoms in total. The van der Waals surface area contributed by atoms with Crippen LogP contribution >= 0.6 is 0 Å². The highest BCUT2D eigenvalue weighted by Gasteiger charge is 2.31. The first-order chi connectivity index (χ1) is 6.74. The van der Waals surface area contributed by atoms with Crippen LogP contribution in [0.3, 0.4) is 0 Å². The number of ether oxygens (including phenoxy) is 1. The third-order valence-corrected chi connectivity index (χ3v) is 2.69. The summed E-state index contributed by atoms with van der Waals surface area (Å²) in [6, 6.07) is 4.82. The maximum absolute atomic E-state index is 13.3. The summed E-state index contributed by atoms with van der Waals surface area (Å²) in [7, 11) is 1.47. The van der Waals surface area contributed by atoms with Crippen LogP contribution in [-0.2, 0) is 0 Å². The molecule has 1 aromatic carbocycles. The Morgan fingerprint density at radius 2 is 2.21 bits per heavy atom. The summed E-state index contributed by atoms with van der Waals surface area (Å²) in [6.45, 7) is 0.